The zero-order valence-corrected chi connectivity index (χ0v) is 14.9. The summed E-state index contributed by atoms with van der Waals surface area (Å²) in [5.74, 6) is -7.62. The predicted molar refractivity (Wildman–Crippen MR) is 87.9 cm³/mol. The highest BCUT2D eigenvalue weighted by Crippen LogP contribution is 2.37. The Labute approximate surface area is 151 Å². The van der Waals surface area contributed by atoms with Crippen LogP contribution in [-0.2, 0) is 16.0 Å². The van der Waals surface area contributed by atoms with Gasteiger partial charge >= 0.3 is 18.2 Å². The number of carbonyl (C=O) groups excluding carboxylic acids is 2. The van der Waals surface area contributed by atoms with E-state index in [1.807, 2.05) is 0 Å². The van der Waals surface area contributed by atoms with E-state index >= 15 is 0 Å². The number of nitrogens with zero attached hydrogens (tertiary/aromatic N) is 1. The molecule has 2 aromatic rings. The minimum atomic E-state index is -5.94. The Morgan fingerprint density at radius 3 is 2.19 bits per heavy atom. The number of hydrogen-bond donors (Lipinski definition) is 0. The third kappa shape index (κ3) is 4.45. The Morgan fingerprint density at radius 2 is 1.63 bits per heavy atom. The molecule has 0 aliphatic heterocycles. The lowest BCUT2D eigenvalue weighted by Gasteiger charge is -2.19. The van der Waals surface area contributed by atoms with E-state index in [-0.39, 0.29) is 6.42 Å². The average Bonchev–Trinajstić information content (AvgIpc) is 2.89. The normalized spacial score (nSPS) is 13.0. The molecule has 1 aromatic heterocycles. The molecule has 148 valence electrons. The standard InChI is InChI=1S/C18H18F5NO3/c1-16(2,3)27-15(26)24-10-11(12-6-4-5-7-13(12)24)8-9-14(25)17(19,20)18(21,22)23/h4-7,10H,8-9H2,1-3H3. The first-order valence-corrected chi connectivity index (χ1v) is 8.04. The van der Waals surface area contributed by atoms with Gasteiger partial charge in [-0.1, -0.05) is 18.2 Å². The lowest BCUT2D eigenvalue weighted by Crippen LogP contribution is -2.44. The quantitative estimate of drug-likeness (QED) is 0.680. The predicted octanol–water partition coefficient (Wildman–Crippen LogP) is 5.12. The minimum Gasteiger partial charge on any atom is -0.443 e. The van der Waals surface area contributed by atoms with Crippen molar-refractivity contribution in [2.45, 2.75) is 51.3 Å². The molecule has 0 radical (unpaired) electrons. The van der Waals surface area contributed by atoms with Gasteiger partial charge in [-0.3, -0.25) is 9.36 Å². The van der Waals surface area contributed by atoms with Crippen molar-refractivity contribution in [1.82, 2.24) is 4.57 Å². The molecule has 0 N–H and O–H groups in total. The fraction of sp³-hybridized carbons (Fsp3) is 0.444. The fourth-order valence-electron chi connectivity index (χ4n) is 2.47. The highest BCUT2D eigenvalue weighted by Gasteiger charge is 2.62. The summed E-state index contributed by atoms with van der Waals surface area (Å²) in [5.41, 5.74) is -0.0903. The van der Waals surface area contributed by atoms with Crippen LogP contribution in [0.3, 0.4) is 0 Å². The Hall–Kier alpha value is -2.45. The largest absolute Gasteiger partial charge is 0.461 e. The Balaban J connectivity index is 2.30. The second kappa shape index (κ2) is 6.94. The molecule has 0 unspecified atom stereocenters. The summed E-state index contributed by atoms with van der Waals surface area (Å²) in [6, 6.07) is 6.42. The second-order valence-electron chi connectivity index (χ2n) is 7.02. The van der Waals surface area contributed by atoms with Crippen molar-refractivity contribution in [3.8, 4) is 0 Å². The first-order valence-electron chi connectivity index (χ1n) is 8.04. The van der Waals surface area contributed by atoms with Gasteiger partial charge < -0.3 is 4.74 Å². The van der Waals surface area contributed by atoms with E-state index in [2.05, 4.69) is 0 Å². The highest BCUT2D eigenvalue weighted by atomic mass is 19.4. The molecule has 0 aliphatic rings. The molecule has 0 amide bonds. The van der Waals surface area contributed by atoms with Crippen LogP contribution in [0, 0.1) is 0 Å². The van der Waals surface area contributed by atoms with Gasteiger partial charge in [0.2, 0.25) is 5.78 Å². The SMILES string of the molecule is CC(C)(C)OC(=O)n1cc(CCC(=O)C(F)(F)C(F)(F)F)c2ccccc21. The molecule has 9 heteroatoms. The molecule has 0 saturated carbocycles. The van der Waals surface area contributed by atoms with Gasteiger partial charge in [-0.15, -0.1) is 0 Å². The van der Waals surface area contributed by atoms with Crippen LogP contribution >= 0.6 is 0 Å². The van der Waals surface area contributed by atoms with E-state index < -0.39 is 36.0 Å². The van der Waals surface area contributed by atoms with Gasteiger partial charge in [-0.25, -0.2) is 4.79 Å². The number of alkyl halides is 5. The number of ether oxygens (including phenoxy) is 1. The molecule has 0 bridgehead atoms. The lowest BCUT2D eigenvalue weighted by atomic mass is 10.0. The first-order chi connectivity index (χ1) is 12.2. The molecular weight excluding hydrogens is 373 g/mol. The molecular formula is C18H18F5NO3. The summed E-state index contributed by atoms with van der Waals surface area (Å²) < 4.78 is 69.5. The minimum absolute atomic E-state index is 0.294. The van der Waals surface area contributed by atoms with Crippen LogP contribution in [0.15, 0.2) is 30.5 Å². The molecule has 0 aliphatic carbocycles. The van der Waals surface area contributed by atoms with E-state index in [4.69, 9.17) is 4.74 Å². The monoisotopic (exact) mass is 391 g/mol. The molecule has 4 nitrogen and oxygen atoms in total. The van der Waals surface area contributed by atoms with Gasteiger partial charge in [0, 0.05) is 18.0 Å². The number of Topliss-reactive ketones (excluding diaryl/α,β-unsaturated/α-hetero) is 1. The van der Waals surface area contributed by atoms with Crippen molar-refractivity contribution in [3.05, 3.63) is 36.0 Å². The zero-order valence-electron chi connectivity index (χ0n) is 14.9. The number of aryl methyl sites for hydroxylation is 1. The maximum atomic E-state index is 13.1. The zero-order chi connectivity index (χ0) is 20.6. The Kier molecular flexibility index (Phi) is 5.36. The van der Waals surface area contributed by atoms with Crippen molar-refractivity contribution in [3.63, 3.8) is 0 Å². The maximum absolute atomic E-state index is 13.1. The second-order valence-corrected chi connectivity index (χ2v) is 7.02. The molecule has 0 fully saturated rings. The number of carbonyl (C=O) groups is 2. The van der Waals surface area contributed by atoms with Gasteiger partial charge in [-0.2, -0.15) is 22.0 Å². The molecule has 0 saturated heterocycles. The molecule has 1 aromatic carbocycles. The van der Waals surface area contributed by atoms with Crippen molar-refractivity contribution in [2.24, 2.45) is 0 Å². The molecule has 0 spiro atoms. The van der Waals surface area contributed by atoms with Crippen molar-refractivity contribution >= 4 is 22.8 Å². The number of fused-ring (bicyclic) bond motifs is 1. The number of aromatic nitrogens is 1. The van der Waals surface area contributed by atoms with Crippen LogP contribution in [0.25, 0.3) is 10.9 Å². The summed E-state index contributed by atoms with van der Waals surface area (Å²) in [6.45, 7) is 4.99. The highest BCUT2D eigenvalue weighted by molar-refractivity contribution is 5.93. The van der Waals surface area contributed by atoms with Gasteiger partial charge in [0.25, 0.3) is 0 Å². The Morgan fingerprint density at radius 1 is 1.04 bits per heavy atom. The van der Waals surface area contributed by atoms with Crippen molar-refractivity contribution in [1.29, 1.82) is 0 Å². The number of halogens is 5. The van der Waals surface area contributed by atoms with E-state index in [0.29, 0.717) is 16.5 Å². The summed E-state index contributed by atoms with van der Waals surface area (Å²) in [4.78, 5) is 23.7. The van der Waals surface area contributed by atoms with Crippen LogP contribution in [0.2, 0.25) is 0 Å². The van der Waals surface area contributed by atoms with Crippen LogP contribution in [0.4, 0.5) is 26.7 Å². The molecule has 0 atom stereocenters. The fourth-order valence-corrected chi connectivity index (χ4v) is 2.47. The van der Waals surface area contributed by atoms with Crippen LogP contribution < -0.4 is 0 Å². The van der Waals surface area contributed by atoms with Gasteiger partial charge in [0.15, 0.2) is 0 Å². The lowest BCUT2D eigenvalue weighted by molar-refractivity contribution is -0.268. The number of para-hydroxylation sites is 1. The van der Waals surface area contributed by atoms with Gasteiger partial charge in [0.05, 0.1) is 5.52 Å². The number of benzene rings is 1. The van der Waals surface area contributed by atoms with Crippen LogP contribution in [0.5, 0.6) is 0 Å². The topological polar surface area (TPSA) is 48.3 Å². The van der Waals surface area contributed by atoms with E-state index in [1.165, 1.54) is 6.20 Å². The van der Waals surface area contributed by atoms with Crippen molar-refractivity contribution < 1.29 is 36.3 Å². The first kappa shape index (κ1) is 20.9. The van der Waals surface area contributed by atoms with Crippen LogP contribution in [0.1, 0.15) is 32.8 Å². The number of rotatable bonds is 4. The van der Waals surface area contributed by atoms with Crippen molar-refractivity contribution in [2.75, 3.05) is 0 Å². The summed E-state index contributed by atoms with van der Waals surface area (Å²) in [6.07, 6.45) is -6.76. The number of hydrogen-bond acceptors (Lipinski definition) is 3. The van der Waals surface area contributed by atoms with Gasteiger partial charge in [-0.05, 0) is 38.8 Å². The average molecular weight is 391 g/mol. The molecule has 1 heterocycles. The Bertz CT molecular complexity index is 862. The number of ketones is 1. The molecule has 2 rings (SSSR count). The van der Waals surface area contributed by atoms with Gasteiger partial charge in [0.1, 0.15) is 5.60 Å². The summed E-state index contributed by atoms with van der Waals surface area (Å²) in [7, 11) is 0. The van der Waals surface area contributed by atoms with E-state index in [0.717, 1.165) is 4.57 Å². The summed E-state index contributed by atoms with van der Waals surface area (Å²) >= 11 is 0. The third-order valence-corrected chi connectivity index (χ3v) is 3.71. The molecule has 27 heavy (non-hydrogen) atoms. The summed E-state index contributed by atoms with van der Waals surface area (Å²) in [5, 5.41) is 0.464. The maximum Gasteiger partial charge on any atom is 0.461 e. The van der Waals surface area contributed by atoms with E-state index in [1.54, 1.807) is 45.0 Å². The smallest absolute Gasteiger partial charge is 0.443 e. The third-order valence-electron chi connectivity index (χ3n) is 3.71. The van der Waals surface area contributed by atoms with E-state index in [9.17, 15) is 31.5 Å². The van der Waals surface area contributed by atoms with Crippen LogP contribution in [-0.4, -0.2) is 34.1 Å².